The molecule has 0 saturated heterocycles. The number of H-pyrrole nitrogens is 2. The van der Waals surface area contributed by atoms with Gasteiger partial charge in [-0.1, -0.05) is 30.3 Å². The van der Waals surface area contributed by atoms with Crippen molar-refractivity contribution in [1.29, 1.82) is 0 Å². The first-order chi connectivity index (χ1) is 7.68. The van der Waals surface area contributed by atoms with Crippen molar-refractivity contribution in [3.8, 4) is 0 Å². The number of benzene rings is 1. The Balaban J connectivity index is 2.24. The standard InChI is InChI=1S/C11H10N2O2S/c1-7-9(10(14)13-12-7)16-11(15)8-5-3-2-4-6-8/h2-6H,1H3,(H2,12,13,14). The van der Waals surface area contributed by atoms with Crippen molar-refractivity contribution in [1.82, 2.24) is 10.2 Å². The van der Waals surface area contributed by atoms with Gasteiger partial charge in [-0.2, -0.15) is 0 Å². The summed E-state index contributed by atoms with van der Waals surface area (Å²) in [5.74, 6) is 0. The zero-order valence-electron chi connectivity index (χ0n) is 8.61. The molecule has 16 heavy (non-hydrogen) atoms. The average molecular weight is 234 g/mol. The van der Waals surface area contributed by atoms with Crippen molar-refractivity contribution >= 4 is 16.9 Å². The molecule has 0 aliphatic carbocycles. The van der Waals surface area contributed by atoms with Crippen molar-refractivity contribution in [3.63, 3.8) is 0 Å². The van der Waals surface area contributed by atoms with E-state index < -0.39 is 0 Å². The fourth-order valence-electron chi connectivity index (χ4n) is 1.28. The number of carbonyl (C=O) groups excluding carboxylic acids is 1. The van der Waals surface area contributed by atoms with E-state index in [4.69, 9.17) is 0 Å². The molecular weight excluding hydrogens is 224 g/mol. The van der Waals surface area contributed by atoms with Gasteiger partial charge in [0.1, 0.15) is 4.90 Å². The maximum absolute atomic E-state index is 11.8. The molecule has 1 aromatic carbocycles. The third-order valence-corrected chi connectivity index (χ3v) is 3.23. The minimum Gasteiger partial charge on any atom is -0.301 e. The Bertz CT molecular complexity index is 557. The van der Waals surface area contributed by atoms with Gasteiger partial charge in [-0.05, 0) is 18.7 Å². The van der Waals surface area contributed by atoms with E-state index in [9.17, 15) is 9.59 Å². The monoisotopic (exact) mass is 234 g/mol. The van der Waals surface area contributed by atoms with E-state index in [0.29, 0.717) is 16.2 Å². The second-order valence-corrected chi connectivity index (χ2v) is 4.27. The Morgan fingerprint density at radius 2 is 1.88 bits per heavy atom. The lowest BCUT2D eigenvalue weighted by atomic mass is 10.2. The Morgan fingerprint density at radius 3 is 2.44 bits per heavy atom. The van der Waals surface area contributed by atoms with E-state index in [-0.39, 0.29) is 10.7 Å². The minimum atomic E-state index is -0.258. The van der Waals surface area contributed by atoms with Crippen molar-refractivity contribution < 1.29 is 4.79 Å². The highest BCUT2D eigenvalue weighted by Gasteiger charge is 2.13. The molecule has 1 heterocycles. The number of carbonyl (C=O) groups is 1. The molecule has 0 atom stereocenters. The third-order valence-electron chi connectivity index (χ3n) is 2.11. The summed E-state index contributed by atoms with van der Waals surface area (Å²) in [6, 6.07) is 8.89. The lowest BCUT2D eigenvalue weighted by Gasteiger charge is -1.98. The van der Waals surface area contributed by atoms with Crippen LogP contribution in [0.5, 0.6) is 0 Å². The molecule has 1 aromatic heterocycles. The molecule has 0 unspecified atom stereocenters. The number of nitrogens with one attached hydrogen (secondary N) is 2. The normalized spacial score (nSPS) is 10.3. The first-order valence-electron chi connectivity index (χ1n) is 4.73. The Morgan fingerprint density at radius 1 is 1.19 bits per heavy atom. The molecule has 0 amide bonds. The predicted molar refractivity (Wildman–Crippen MR) is 62.8 cm³/mol. The Kier molecular flexibility index (Phi) is 2.96. The largest absolute Gasteiger partial charge is 0.301 e. The van der Waals surface area contributed by atoms with Gasteiger partial charge in [0, 0.05) is 11.3 Å². The summed E-state index contributed by atoms with van der Waals surface area (Å²) in [4.78, 5) is 23.6. The van der Waals surface area contributed by atoms with E-state index in [1.165, 1.54) is 0 Å². The number of aromatic nitrogens is 2. The summed E-state index contributed by atoms with van der Waals surface area (Å²) in [7, 11) is 0. The van der Waals surface area contributed by atoms with Crippen LogP contribution in [-0.2, 0) is 0 Å². The van der Waals surface area contributed by atoms with Gasteiger partial charge in [0.05, 0.1) is 0 Å². The maximum atomic E-state index is 11.8. The van der Waals surface area contributed by atoms with Gasteiger partial charge in [-0.25, -0.2) is 0 Å². The predicted octanol–water partition coefficient (Wildman–Crippen LogP) is 1.94. The molecule has 0 bridgehead atoms. The number of hydrogen-bond acceptors (Lipinski definition) is 3. The molecule has 4 nitrogen and oxygen atoms in total. The zero-order chi connectivity index (χ0) is 11.5. The molecular formula is C11H10N2O2S. The van der Waals surface area contributed by atoms with Crippen molar-refractivity contribution in [2.45, 2.75) is 11.8 Å². The molecule has 2 N–H and O–H groups in total. The van der Waals surface area contributed by atoms with E-state index in [1.807, 2.05) is 6.07 Å². The lowest BCUT2D eigenvalue weighted by molar-refractivity contribution is 0.108. The van der Waals surface area contributed by atoms with E-state index >= 15 is 0 Å². The molecule has 2 aromatic rings. The Labute approximate surface area is 96.1 Å². The molecule has 2 rings (SSSR count). The molecule has 0 radical (unpaired) electrons. The zero-order valence-corrected chi connectivity index (χ0v) is 9.43. The number of hydrogen-bond donors (Lipinski definition) is 2. The highest BCUT2D eigenvalue weighted by molar-refractivity contribution is 8.14. The summed E-state index contributed by atoms with van der Waals surface area (Å²) < 4.78 is 0. The quantitative estimate of drug-likeness (QED) is 0.780. The van der Waals surface area contributed by atoms with Crippen LogP contribution in [0.15, 0.2) is 40.0 Å². The van der Waals surface area contributed by atoms with Gasteiger partial charge in [0.2, 0.25) is 5.12 Å². The molecule has 0 fully saturated rings. The summed E-state index contributed by atoms with van der Waals surface area (Å²) in [5, 5.41) is 4.99. The van der Waals surface area contributed by atoms with Crippen LogP contribution < -0.4 is 5.56 Å². The first kappa shape index (κ1) is 10.8. The molecule has 5 heteroatoms. The van der Waals surface area contributed by atoms with Crippen LogP contribution in [0.2, 0.25) is 0 Å². The van der Waals surface area contributed by atoms with Crippen molar-refractivity contribution in [2.75, 3.05) is 0 Å². The third kappa shape index (κ3) is 2.09. The van der Waals surface area contributed by atoms with Crippen LogP contribution in [0.25, 0.3) is 0 Å². The maximum Gasteiger partial charge on any atom is 0.278 e. The van der Waals surface area contributed by atoms with Crippen LogP contribution in [0.4, 0.5) is 0 Å². The van der Waals surface area contributed by atoms with E-state index in [2.05, 4.69) is 10.2 Å². The van der Waals surface area contributed by atoms with Gasteiger partial charge in [0.25, 0.3) is 5.56 Å². The van der Waals surface area contributed by atoms with Crippen molar-refractivity contribution in [3.05, 3.63) is 51.9 Å². The number of aromatic amines is 2. The molecule has 0 aliphatic rings. The van der Waals surface area contributed by atoms with Gasteiger partial charge in [0.15, 0.2) is 0 Å². The van der Waals surface area contributed by atoms with Gasteiger partial charge < -0.3 is 5.10 Å². The summed E-state index contributed by atoms with van der Waals surface area (Å²) in [6.45, 7) is 1.75. The smallest absolute Gasteiger partial charge is 0.278 e. The highest BCUT2D eigenvalue weighted by atomic mass is 32.2. The summed E-state index contributed by atoms with van der Waals surface area (Å²) in [6.07, 6.45) is 0. The first-order valence-corrected chi connectivity index (χ1v) is 5.54. The second kappa shape index (κ2) is 4.40. The summed E-state index contributed by atoms with van der Waals surface area (Å²) >= 11 is 0.943. The molecule has 0 aliphatic heterocycles. The highest BCUT2D eigenvalue weighted by Crippen LogP contribution is 2.21. The number of thioether (sulfide) groups is 1. The van der Waals surface area contributed by atoms with E-state index in [0.717, 1.165) is 11.8 Å². The fraction of sp³-hybridized carbons (Fsp3) is 0.0909. The van der Waals surface area contributed by atoms with Gasteiger partial charge in [-0.15, -0.1) is 0 Å². The lowest BCUT2D eigenvalue weighted by Crippen LogP contribution is -2.03. The Hall–Kier alpha value is -1.75. The number of aryl methyl sites for hydroxylation is 1. The van der Waals surface area contributed by atoms with Crippen LogP contribution in [0.3, 0.4) is 0 Å². The fourth-order valence-corrected chi connectivity index (χ4v) is 2.07. The van der Waals surface area contributed by atoms with Crippen molar-refractivity contribution in [2.24, 2.45) is 0 Å². The van der Waals surface area contributed by atoms with Crippen LogP contribution in [-0.4, -0.2) is 15.3 Å². The van der Waals surface area contributed by atoms with Gasteiger partial charge >= 0.3 is 0 Å². The molecule has 0 saturated carbocycles. The summed E-state index contributed by atoms with van der Waals surface area (Å²) in [5.41, 5.74) is 1.01. The van der Waals surface area contributed by atoms with Crippen LogP contribution in [0.1, 0.15) is 16.1 Å². The molecule has 82 valence electrons. The minimum absolute atomic E-state index is 0.131. The second-order valence-electron chi connectivity index (χ2n) is 3.29. The van der Waals surface area contributed by atoms with Crippen LogP contribution in [0, 0.1) is 6.92 Å². The van der Waals surface area contributed by atoms with Gasteiger partial charge in [-0.3, -0.25) is 14.7 Å². The van der Waals surface area contributed by atoms with E-state index in [1.54, 1.807) is 31.2 Å². The number of rotatable bonds is 2. The molecule has 0 spiro atoms. The van der Waals surface area contributed by atoms with Crippen LogP contribution >= 0.6 is 11.8 Å². The topological polar surface area (TPSA) is 65.7 Å². The average Bonchev–Trinajstić information content (AvgIpc) is 2.62. The SMILES string of the molecule is Cc1[nH][nH]c(=O)c1SC(=O)c1ccccc1.